The molecule has 162 valence electrons. The van der Waals surface area contributed by atoms with E-state index >= 15 is 0 Å². The van der Waals surface area contributed by atoms with E-state index in [1.54, 1.807) is 18.9 Å². The highest BCUT2D eigenvalue weighted by Gasteiger charge is 2.27. The number of amides is 1. The van der Waals surface area contributed by atoms with Crippen LogP contribution in [0.25, 0.3) is 11.3 Å². The molecule has 0 bridgehead atoms. The number of hydrogen-bond acceptors (Lipinski definition) is 4. The van der Waals surface area contributed by atoms with E-state index in [9.17, 15) is 4.79 Å². The van der Waals surface area contributed by atoms with Crippen molar-refractivity contribution < 1.29 is 19.2 Å². The lowest BCUT2D eigenvalue weighted by molar-refractivity contribution is -0.917. The van der Waals surface area contributed by atoms with Gasteiger partial charge in [-0.15, -0.1) is 0 Å². The highest BCUT2D eigenvalue weighted by atomic mass is 16.5. The van der Waals surface area contributed by atoms with Crippen LogP contribution in [0.15, 0.2) is 54.6 Å². The molecule has 2 heterocycles. The summed E-state index contributed by atoms with van der Waals surface area (Å²) >= 11 is 0. The minimum absolute atomic E-state index is 0.0208. The van der Waals surface area contributed by atoms with Crippen LogP contribution in [0.1, 0.15) is 16.1 Å². The molecule has 1 aliphatic rings. The molecule has 0 spiro atoms. The molecular formula is C24H29N4O3+. The van der Waals surface area contributed by atoms with Gasteiger partial charge in [-0.3, -0.25) is 9.48 Å². The first-order chi connectivity index (χ1) is 15.1. The van der Waals surface area contributed by atoms with Crippen molar-refractivity contribution in [3.8, 4) is 22.8 Å². The molecule has 7 heteroatoms. The number of nitrogens with one attached hydrogen (secondary N) is 1. The number of aromatic nitrogens is 2. The summed E-state index contributed by atoms with van der Waals surface area (Å²) in [4.78, 5) is 16.6. The molecule has 4 rings (SSSR count). The SMILES string of the molecule is COc1ccc(-c2cc(C(=O)N3CC[NH+](Cc4ccccc4)CC3)n(C)n2)c(OC)c1. The van der Waals surface area contributed by atoms with Gasteiger partial charge in [-0.1, -0.05) is 30.3 Å². The van der Waals surface area contributed by atoms with Crippen LogP contribution in [0.3, 0.4) is 0 Å². The second-order valence-corrected chi connectivity index (χ2v) is 7.81. The molecule has 2 aromatic carbocycles. The monoisotopic (exact) mass is 421 g/mol. The van der Waals surface area contributed by atoms with Crippen molar-refractivity contribution in [1.29, 1.82) is 0 Å². The molecule has 1 amide bonds. The normalized spacial score (nSPS) is 14.5. The second-order valence-electron chi connectivity index (χ2n) is 7.81. The van der Waals surface area contributed by atoms with Crippen LogP contribution in [-0.2, 0) is 13.6 Å². The van der Waals surface area contributed by atoms with Crippen LogP contribution < -0.4 is 14.4 Å². The fourth-order valence-corrected chi connectivity index (χ4v) is 4.06. The van der Waals surface area contributed by atoms with Crippen molar-refractivity contribution in [1.82, 2.24) is 14.7 Å². The van der Waals surface area contributed by atoms with E-state index in [0.29, 0.717) is 22.9 Å². The second kappa shape index (κ2) is 9.22. The lowest BCUT2D eigenvalue weighted by atomic mass is 10.1. The van der Waals surface area contributed by atoms with E-state index in [4.69, 9.17) is 9.47 Å². The fraction of sp³-hybridized carbons (Fsp3) is 0.333. The number of hydrogen-bond donors (Lipinski definition) is 1. The highest BCUT2D eigenvalue weighted by molar-refractivity contribution is 5.94. The lowest BCUT2D eigenvalue weighted by Crippen LogP contribution is -3.13. The molecule has 7 nitrogen and oxygen atoms in total. The molecular weight excluding hydrogens is 392 g/mol. The summed E-state index contributed by atoms with van der Waals surface area (Å²) < 4.78 is 12.4. The molecule has 1 fully saturated rings. The van der Waals surface area contributed by atoms with Crippen molar-refractivity contribution in [3.63, 3.8) is 0 Å². The standard InChI is InChI=1S/C24H28N4O3/c1-26-22(16-21(25-26)20-10-9-19(30-2)15-23(20)31-3)24(29)28-13-11-27(12-14-28)17-18-7-5-4-6-8-18/h4-10,15-16H,11-14,17H2,1-3H3/p+1. The van der Waals surface area contributed by atoms with Crippen LogP contribution >= 0.6 is 0 Å². The number of ether oxygens (including phenoxy) is 2. The van der Waals surface area contributed by atoms with Gasteiger partial charge in [-0.25, -0.2) is 0 Å². The van der Waals surface area contributed by atoms with Gasteiger partial charge in [0.25, 0.3) is 5.91 Å². The van der Waals surface area contributed by atoms with E-state index in [1.165, 1.54) is 10.5 Å². The van der Waals surface area contributed by atoms with Crippen molar-refractivity contribution in [3.05, 3.63) is 65.9 Å². The molecule has 1 aromatic heterocycles. The van der Waals surface area contributed by atoms with E-state index in [1.807, 2.05) is 42.3 Å². The first-order valence-electron chi connectivity index (χ1n) is 10.5. The quantitative estimate of drug-likeness (QED) is 0.658. The zero-order valence-corrected chi connectivity index (χ0v) is 18.3. The topological polar surface area (TPSA) is 61.0 Å². The Morgan fingerprint density at radius 3 is 2.45 bits per heavy atom. The van der Waals surface area contributed by atoms with Crippen LogP contribution in [0.4, 0.5) is 0 Å². The number of carbonyl (C=O) groups excluding carboxylic acids is 1. The van der Waals surface area contributed by atoms with Crippen LogP contribution in [0, 0.1) is 0 Å². The summed E-state index contributed by atoms with van der Waals surface area (Å²) in [6.07, 6.45) is 0. The number of rotatable bonds is 6. The average Bonchev–Trinajstić information content (AvgIpc) is 3.20. The molecule has 0 aliphatic carbocycles. The molecule has 3 aromatic rings. The van der Waals surface area contributed by atoms with E-state index in [0.717, 1.165) is 38.3 Å². The summed E-state index contributed by atoms with van der Waals surface area (Å²) in [5.74, 6) is 1.39. The molecule has 0 radical (unpaired) electrons. The number of carbonyl (C=O) groups is 1. The maximum absolute atomic E-state index is 13.2. The molecule has 1 aliphatic heterocycles. The molecule has 31 heavy (non-hydrogen) atoms. The fourth-order valence-electron chi connectivity index (χ4n) is 4.06. The number of benzene rings is 2. The van der Waals surface area contributed by atoms with Gasteiger partial charge in [0, 0.05) is 24.2 Å². The highest BCUT2D eigenvalue weighted by Crippen LogP contribution is 2.33. The number of quaternary nitrogens is 1. The Kier molecular flexibility index (Phi) is 6.23. The molecule has 1 N–H and O–H groups in total. The van der Waals surface area contributed by atoms with Gasteiger partial charge in [0.1, 0.15) is 23.7 Å². The summed E-state index contributed by atoms with van der Waals surface area (Å²) in [6.45, 7) is 4.37. The summed E-state index contributed by atoms with van der Waals surface area (Å²) in [6, 6.07) is 17.9. The summed E-state index contributed by atoms with van der Waals surface area (Å²) in [5.41, 5.74) is 3.45. The first kappa shape index (κ1) is 20.9. The van der Waals surface area contributed by atoms with Crippen LogP contribution in [0.2, 0.25) is 0 Å². The Morgan fingerprint density at radius 1 is 1.03 bits per heavy atom. The lowest BCUT2D eigenvalue weighted by Gasteiger charge is -2.32. The number of aryl methyl sites for hydroxylation is 1. The van der Waals surface area contributed by atoms with Crippen molar-refractivity contribution in [2.24, 2.45) is 7.05 Å². The van der Waals surface area contributed by atoms with Gasteiger partial charge in [0.15, 0.2) is 0 Å². The summed E-state index contributed by atoms with van der Waals surface area (Å²) in [5, 5.41) is 4.57. The Labute approximate surface area is 182 Å². The first-order valence-corrected chi connectivity index (χ1v) is 10.5. The molecule has 1 saturated heterocycles. The van der Waals surface area contributed by atoms with Crippen LogP contribution in [-0.4, -0.2) is 61.0 Å². The number of nitrogens with zero attached hydrogens (tertiary/aromatic N) is 3. The van der Waals surface area contributed by atoms with Gasteiger partial charge in [0.05, 0.1) is 46.1 Å². The third kappa shape index (κ3) is 4.56. The molecule has 0 unspecified atom stereocenters. The third-order valence-electron chi connectivity index (χ3n) is 5.84. The number of methoxy groups -OCH3 is 2. The molecule has 0 atom stereocenters. The van der Waals surface area contributed by atoms with Crippen LogP contribution in [0.5, 0.6) is 11.5 Å². The Balaban J connectivity index is 1.45. The Bertz CT molecular complexity index is 1040. The van der Waals surface area contributed by atoms with E-state index in [2.05, 4.69) is 29.4 Å². The van der Waals surface area contributed by atoms with E-state index < -0.39 is 0 Å². The third-order valence-corrected chi connectivity index (χ3v) is 5.84. The average molecular weight is 422 g/mol. The van der Waals surface area contributed by atoms with Gasteiger partial charge in [-0.05, 0) is 18.2 Å². The van der Waals surface area contributed by atoms with Gasteiger partial charge in [-0.2, -0.15) is 5.10 Å². The summed E-state index contributed by atoms with van der Waals surface area (Å²) in [7, 11) is 5.04. The zero-order chi connectivity index (χ0) is 21.8. The maximum atomic E-state index is 13.2. The minimum Gasteiger partial charge on any atom is -0.497 e. The van der Waals surface area contributed by atoms with Gasteiger partial charge >= 0.3 is 0 Å². The minimum atomic E-state index is 0.0208. The van der Waals surface area contributed by atoms with E-state index in [-0.39, 0.29) is 5.91 Å². The van der Waals surface area contributed by atoms with Crippen molar-refractivity contribution in [2.45, 2.75) is 6.54 Å². The van der Waals surface area contributed by atoms with Crippen molar-refractivity contribution >= 4 is 5.91 Å². The smallest absolute Gasteiger partial charge is 0.272 e. The predicted molar refractivity (Wildman–Crippen MR) is 118 cm³/mol. The van der Waals surface area contributed by atoms with Gasteiger partial charge in [0.2, 0.25) is 0 Å². The largest absolute Gasteiger partial charge is 0.497 e. The predicted octanol–water partition coefficient (Wildman–Crippen LogP) is 1.65. The Morgan fingerprint density at radius 2 is 1.77 bits per heavy atom. The number of piperazine rings is 1. The van der Waals surface area contributed by atoms with Gasteiger partial charge < -0.3 is 19.3 Å². The Hall–Kier alpha value is -3.32. The molecule has 0 saturated carbocycles. The van der Waals surface area contributed by atoms with Crippen molar-refractivity contribution in [2.75, 3.05) is 40.4 Å². The zero-order valence-electron chi connectivity index (χ0n) is 18.3. The maximum Gasteiger partial charge on any atom is 0.272 e.